The predicted molar refractivity (Wildman–Crippen MR) is 163 cm³/mol. The smallest absolute Gasteiger partial charge is 0.220 e. The molecule has 6 nitrogen and oxygen atoms in total. The maximum atomic E-state index is 14.4. The van der Waals surface area contributed by atoms with Gasteiger partial charge in [-0.2, -0.15) is 0 Å². The molecule has 5 rings (SSSR count). The third-order valence-corrected chi connectivity index (χ3v) is 8.64. The highest BCUT2D eigenvalue weighted by Crippen LogP contribution is 2.29. The van der Waals surface area contributed by atoms with Gasteiger partial charge in [0.1, 0.15) is 11.6 Å². The van der Waals surface area contributed by atoms with Crippen molar-refractivity contribution in [2.24, 2.45) is 5.92 Å². The van der Waals surface area contributed by atoms with E-state index in [1.165, 1.54) is 11.1 Å². The van der Waals surface area contributed by atoms with Crippen molar-refractivity contribution in [3.8, 4) is 5.75 Å². The summed E-state index contributed by atoms with van der Waals surface area (Å²) in [5, 5.41) is 3.13. The number of ether oxygens (including phenoxy) is 1. The van der Waals surface area contributed by atoms with Crippen LogP contribution in [0, 0.1) is 11.7 Å². The van der Waals surface area contributed by atoms with Crippen LogP contribution in [0.3, 0.4) is 0 Å². The van der Waals surface area contributed by atoms with E-state index in [4.69, 9.17) is 4.74 Å². The fourth-order valence-electron chi connectivity index (χ4n) is 6.39. The van der Waals surface area contributed by atoms with Gasteiger partial charge in [0.25, 0.3) is 0 Å². The van der Waals surface area contributed by atoms with E-state index in [1.807, 2.05) is 36.4 Å². The maximum absolute atomic E-state index is 14.4. The van der Waals surface area contributed by atoms with E-state index in [-0.39, 0.29) is 11.7 Å². The van der Waals surface area contributed by atoms with Gasteiger partial charge in [-0.05, 0) is 67.1 Å². The Kier molecular flexibility index (Phi) is 10.3. The molecule has 1 amide bonds. The second-order valence-corrected chi connectivity index (χ2v) is 11.3. The number of methoxy groups -OCH3 is 1. The standard InChI is InChI=1S/C34H43FN4O2/c1-41-30-14-11-27(12-15-30)17-19-36-34(40)16-13-29-26-37(25-28-7-3-2-4-8-28)20-18-32(29)38-21-23-39(24-22-38)33-10-6-5-9-31(33)35/h2-12,14-15,29,32H,13,16-26H2,1H3,(H,36,40)/t29-,32+/m1/s1. The van der Waals surface area contributed by atoms with Gasteiger partial charge in [0.2, 0.25) is 5.91 Å². The highest BCUT2D eigenvalue weighted by Gasteiger charge is 2.35. The summed E-state index contributed by atoms with van der Waals surface area (Å²) < 4.78 is 19.6. The summed E-state index contributed by atoms with van der Waals surface area (Å²) in [5.41, 5.74) is 3.22. The van der Waals surface area contributed by atoms with Crippen molar-refractivity contribution in [1.82, 2.24) is 15.1 Å². The van der Waals surface area contributed by atoms with E-state index in [0.29, 0.717) is 30.6 Å². The van der Waals surface area contributed by atoms with Crippen molar-refractivity contribution in [3.63, 3.8) is 0 Å². The summed E-state index contributed by atoms with van der Waals surface area (Å²) in [6.45, 7) is 7.11. The van der Waals surface area contributed by atoms with E-state index < -0.39 is 0 Å². The van der Waals surface area contributed by atoms with Crippen LogP contribution < -0.4 is 15.0 Å². The van der Waals surface area contributed by atoms with Crippen LogP contribution in [0.15, 0.2) is 78.9 Å². The summed E-state index contributed by atoms with van der Waals surface area (Å²) in [7, 11) is 1.67. The minimum absolute atomic E-state index is 0.127. The molecule has 0 saturated carbocycles. The lowest BCUT2D eigenvalue weighted by molar-refractivity contribution is -0.121. The lowest BCUT2D eigenvalue weighted by Gasteiger charge is -2.47. The fraction of sp³-hybridized carbons (Fsp3) is 0.441. The first-order valence-corrected chi connectivity index (χ1v) is 15.0. The summed E-state index contributed by atoms with van der Waals surface area (Å²) >= 11 is 0. The number of carbonyl (C=O) groups excluding carboxylic acids is 1. The summed E-state index contributed by atoms with van der Waals surface area (Å²) in [6, 6.07) is 26.2. The third kappa shape index (κ3) is 8.08. The highest BCUT2D eigenvalue weighted by atomic mass is 19.1. The van der Waals surface area contributed by atoms with Crippen LogP contribution in [0.2, 0.25) is 0 Å². The van der Waals surface area contributed by atoms with Crippen LogP contribution in [0.25, 0.3) is 0 Å². The number of anilines is 1. The molecule has 1 N–H and O–H groups in total. The molecule has 2 saturated heterocycles. The largest absolute Gasteiger partial charge is 0.497 e. The Hall–Kier alpha value is -3.42. The van der Waals surface area contributed by atoms with Crippen LogP contribution >= 0.6 is 0 Å². The number of hydrogen-bond donors (Lipinski definition) is 1. The van der Waals surface area contributed by atoms with Crippen LogP contribution in [-0.2, 0) is 17.8 Å². The first-order valence-electron chi connectivity index (χ1n) is 15.0. The molecule has 218 valence electrons. The Balaban J connectivity index is 1.16. The Bertz CT molecular complexity index is 1230. The predicted octanol–water partition coefficient (Wildman–Crippen LogP) is 4.99. The minimum Gasteiger partial charge on any atom is -0.497 e. The zero-order valence-corrected chi connectivity index (χ0v) is 24.2. The molecule has 0 aromatic heterocycles. The number of halogens is 1. The van der Waals surface area contributed by atoms with E-state index >= 15 is 0 Å². The van der Waals surface area contributed by atoms with Gasteiger partial charge in [0, 0.05) is 58.3 Å². The molecule has 2 heterocycles. The first-order chi connectivity index (χ1) is 20.1. The fourth-order valence-corrected chi connectivity index (χ4v) is 6.39. The number of piperazine rings is 1. The molecule has 2 aliphatic heterocycles. The second kappa shape index (κ2) is 14.5. The molecule has 0 radical (unpaired) electrons. The maximum Gasteiger partial charge on any atom is 0.220 e. The highest BCUT2D eigenvalue weighted by molar-refractivity contribution is 5.75. The summed E-state index contributed by atoms with van der Waals surface area (Å²) in [6.07, 6.45) is 3.31. The molecule has 41 heavy (non-hydrogen) atoms. The number of amides is 1. The molecule has 7 heteroatoms. The number of para-hydroxylation sites is 1. The lowest BCUT2D eigenvalue weighted by atomic mass is 9.86. The van der Waals surface area contributed by atoms with Crippen LogP contribution in [0.1, 0.15) is 30.4 Å². The van der Waals surface area contributed by atoms with Crippen molar-refractivity contribution in [2.45, 2.75) is 38.3 Å². The number of likely N-dealkylation sites (tertiary alicyclic amines) is 1. The molecule has 0 bridgehead atoms. The quantitative estimate of drug-likeness (QED) is 0.360. The molecule has 2 atom stereocenters. The van der Waals surface area contributed by atoms with Gasteiger partial charge in [0.15, 0.2) is 0 Å². The lowest BCUT2D eigenvalue weighted by Crippen LogP contribution is -2.56. The molecule has 2 fully saturated rings. The van der Waals surface area contributed by atoms with Gasteiger partial charge in [0.05, 0.1) is 12.8 Å². The molecular weight excluding hydrogens is 515 g/mol. The van der Waals surface area contributed by atoms with Crippen molar-refractivity contribution in [1.29, 1.82) is 0 Å². The van der Waals surface area contributed by atoms with Crippen molar-refractivity contribution in [2.75, 3.05) is 57.8 Å². The van der Waals surface area contributed by atoms with Crippen LogP contribution in [0.4, 0.5) is 10.1 Å². The Morgan fingerprint density at radius 3 is 2.37 bits per heavy atom. The van der Waals surface area contributed by atoms with Gasteiger partial charge < -0.3 is 15.0 Å². The zero-order chi connectivity index (χ0) is 28.4. The molecule has 2 aliphatic rings. The van der Waals surface area contributed by atoms with Crippen molar-refractivity contribution >= 4 is 11.6 Å². The molecule has 3 aromatic rings. The van der Waals surface area contributed by atoms with E-state index in [0.717, 1.165) is 70.8 Å². The van der Waals surface area contributed by atoms with Crippen molar-refractivity contribution < 1.29 is 13.9 Å². The summed E-state index contributed by atoms with van der Waals surface area (Å²) in [4.78, 5) is 20.2. The topological polar surface area (TPSA) is 48.1 Å². The summed E-state index contributed by atoms with van der Waals surface area (Å²) in [5.74, 6) is 1.24. The molecule has 0 spiro atoms. The number of rotatable bonds is 11. The van der Waals surface area contributed by atoms with E-state index in [1.54, 1.807) is 19.2 Å². The van der Waals surface area contributed by atoms with Crippen LogP contribution in [0.5, 0.6) is 5.75 Å². The Morgan fingerprint density at radius 1 is 0.902 bits per heavy atom. The number of benzene rings is 3. The number of nitrogens with zero attached hydrogens (tertiary/aromatic N) is 3. The minimum atomic E-state index is -0.147. The normalized spacial score (nSPS) is 20.1. The van der Waals surface area contributed by atoms with Crippen LogP contribution in [-0.4, -0.2) is 74.7 Å². The van der Waals surface area contributed by atoms with E-state index in [9.17, 15) is 9.18 Å². The molecule has 0 unspecified atom stereocenters. The molecule has 0 aliphatic carbocycles. The average molecular weight is 559 g/mol. The van der Waals surface area contributed by atoms with E-state index in [2.05, 4.69) is 50.3 Å². The second-order valence-electron chi connectivity index (χ2n) is 11.3. The van der Waals surface area contributed by atoms with Gasteiger partial charge in [-0.1, -0.05) is 54.6 Å². The number of piperidine rings is 1. The number of nitrogens with one attached hydrogen (secondary N) is 1. The molecule has 3 aromatic carbocycles. The Labute approximate surface area is 244 Å². The van der Waals surface area contributed by atoms with Gasteiger partial charge in [-0.25, -0.2) is 4.39 Å². The van der Waals surface area contributed by atoms with Gasteiger partial charge in [-0.15, -0.1) is 0 Å². The van der Waals surface area contributed by atoms with Gasteiger partial charge in [-0.3, -0.25) is 14.6 Å². The number of carbonyl (C=O) groups is 1. The first kappa shape index (κ1) is 29.1. The van der Waals surface area contributed by atoms with Crippen molar-refractivity contribution in [3.05, 3.63) is 95.8 Å². The average Bonchev–Trinajstić information content (AvgIpc) is 3.01. The number of hydrogen-bond acceptors (Lipinski definition) is 5. The zero-order valence-electron chi connectivity index (χ0n) is 24.2. The third-order valence-electron chi connectivity index (χ3n) is 8.64. The Morgan fingerprint density at radius 2 is 1.63 bits per heavy atom. The monoisotopic (exact) mass is 558 g/mol. The van der Waals surface area contributed by atoms with Gasteiger partial charge >= 0.3 is 0 Å². The SMILES string of the molecule is COc1ccc(CCNC(=O)CC[C@@H]2CN(Cc3ccccc3)CC[C@@H]2N2CCN(c3ccccc3F)CC2)cc1. The molecular formula is C34H43FN4O2.